The highest BCUT2D eigenvalue weighted by Crippen LogP contribution is 2.25. The topological polar surface area (TPSA) is 171 Å². The number of hydrogen-bond donors (Lipinski definition) is 4. The first-order valence-corrected chi connectivity index (χ1v) is 12.2. The van der Waals surface area contributed by atoms with Gasteiger partial charge in [-0.25, -0.2) is 9.18 Å². The molecule has 1 aromatic heterocycles. The maximum Gasteiger partial charge on any atom is 0.353 e. The molecule has 0 amide bonds. The molecule has 0 bridgehead atoms. The van der Waals surface area contributed by atoms with Crippen molar-refractivity contribution in [2.24, 2.45) is 17.6 Å². The average molecular weight is 536 g/mol. The minimum Gasteiger partial charge on any atom is -0.481 e. The number of nitrogens with two attached hydrogens (primary N) is 1. The molecule has 0 aliphatic rings. The number of benzene rings is 1. The predicted molar refractivity (Wildman–Crippen MR) is 134 cm³/mol. The minimum atomic E-state index is -1.21. The number of aliphatic carboxylic acids is 2. The van der Waals surface area contributed by atoms with E-state index in [0.29, 0.717) is 0 Å². The normalized spacial score (nSPS) is 12.8. The van der Waals surface area contributed by atoms with Gasteiger partial charge in [0.05, 0.1) is 12.0 Å². The fraction of sp³-hybridized carbons (Fsp3) is 0.400. The van der Waals surface area contributed by atoms with E-state index >= 15 is 0 Å². The van der Waals surface area contributed by atoms with Crippen molar-refractivity contribution < 1.29 is 38.5 Å². The molecule has 1 aromatic carbocycles. The van der Waals surface area contributed by atoms with Crippen LogP contribution < -0.4 is 10.5 Å². The molecule has 0 spiro atoms. The van der Waals surface area contributed by atoms with Gasteiger partial charge in [0.1, 0.15) is 10.7 Å². The Labute approximate surface area is 217 Å². The Kier molecular flexibility index (Phi) is 10.4. The molecule has 5 N–H and O–H groups in total. The number of ketones is 1. The van der Waals surface area contributed by atoms with Crippen molar-refractivity contribution in [3.05, 3.63) is 51.5 Å². The van der Waals surface area contributed by atoms with Crippen molar-refractivity contribution in [3.8, 4) is 5.75 Å². The molecule has 0 radical (unpaired) electrons. The SMILES string of the molecule is CC(C)[C@@H](C(=O)C[C@@H](CCC(=O)O)C(=O)O)N(C)Cc1ccc(C(=O)Oc2ccc(C(=N)N)cc2F)s1. The third-order valence-corrected chi connectivity index (χ3v) is 6.70. The van der Waals surface area contributed by atoms with Crippen LogP contribution in [0.3, 0.4) is 0 Å². The van der Waals surface area contributed by atoms with Crippen LogP contribution in [0.5, 0.6) is 5.75 Å². The summed E-state index contributed by atoms with van der Waals surface area (Å²) in [7, 11) is 1.71. The first-order valence-electron chi connectivity index (χ1n) is 11.4. The molecule has 2 aromatic rings. The number of likely N-dealkylation sites (N-methyl/N-ethyl adjacent to an activating group) is 1. The number of thiophene rings is 1. The molecule has 0 aliphatic heterocycles. The number of carbonyl (C=O) groups is 4. The maximum atomic E-state index is 14.2. The summed E-state index contributed by atoms with van der Waals surface area (Å²) in [6.45, 7) is 3.94. The first-order chi connectivity index (χ1) is 17.3. The summed E-state index contributed by atoms with van der Waals surface area (Å²) in [4.78, 5) is 50.6. The van der Waals surface area contributed by atoms with Gasteiger partial charge in [-0.1, -0.05) is 13.8 Å². The Bertz CT molecular complexity index is 1180. The Morgan fingerprint density at radius 2 is 1.84 bits per heavy atom. The number of amidine groups is 1. The molecule has 200 valence electrons. The summed E-state index contributed by atoms with van der Waals surface area (Å²) < 4.78 is 19.3. The van der Waals surface area contributed by atoms with Crippen LogP contribution in [-0.4, -0.2) is 57.7 Å². The van der Waals surface area contributed by atoms with E-state index < -0.39 is 35.7 Å². The largest absolute Gasteiger partial charge is 0.481 e. The van der Waals surface area contributed by atoms with E-state index in [0.717, 1.165) is 22.3 Å². The summed E-state index contributed by atoms with van der Waals surface area (Å²) in [6, 6.07) is 6.16. The van der Waals surface area contributed by atoms with Crippen LogP contribution in [0.2, 0.25) is 0 Å². The molecule has 0 unspecified atom stereocenters. The van der Waals surface area contributed by atoms with Gasteiger partial charge in [-0.3, -0.25) is 24.7 Å². The van der Waals surface area contributed by atoms with Crippen molar-refractivity contribution in [3.63, 3.8) is 0 Å². The number of halogens is 1. The van der Waals surface area contributed by atoms with Crippen LogP contribution in [0, 0.1) is 23.1 Å². The Balaban J connectivity index is 2.08. The van der Waals surface area contributed by atoms with Crippen molar-refractivity contribution >= 4 is 40.9 Å². The number of hydrogen-bond acceptors (Lipinski definition) is 8. The quantitative estimate of drug-likeness (QED) is 0.122. The monoisotopic (exact) mass is 535 g/mol. The Hall–Kier alpha value is -3.64. The fourth-order valence-electron chi connectivity index (χ4n) is 3.92. The van der Waals surface area contributed by atoms with Crippen LogP contribution in [0.1, 0.15) is 53.2 Å². The second kappa shape index (κ2) is 13.1. The van der Waals surface area contributed by atoms with E-state index in [1.807, 2.05) is 13.8 Å². The van der Waals surface area contributed by atoms with E-state index in [4.69, 9.17) is 21.0 Å². The number of ether oxygens (including phenoxy) is 1. The molecule has 37 heavy (non-hydrogen) atoms. The van der Waals surface area contributed by atoms with Gasteiger partial charge in [-0.05, 0) is 49.7 Å². The number of rotatable bonds is 14. The van der Waals surface area contributed by atoms with Crippen molar-refractivity contribution in [1.82, 2.24) is 4.90 Å². The van der Waals surface area contributed by atoms with E-state index in [1.165, 1.54) is 18.2 Å². The van der Waals surface area contributed by atoms with Crippen LogP contribution >= 0.6 is 11.3 Å². The summed E-state index contributed by atoms with van der Waals surface area (Å²) >= 11 is 1.11. The number of carbonyl (C=O) groups excluding carboxylic acids is 2. The van der Waals surface area contributed by atoms with Crippen molar-refractivity contribution in [2.45, 2.75) is 45.7 Å². The van der Waals surface area contributed by atoms with E-state index in [-0.39, 0.29) is 59.5 Å². The number of esters is 1. The molecule has 0 saturated heterocycles. The number of nitrogen functional groups attached to an aromatic ring is 1. The number of carboxylic acids is 2. The van der Waals surface area contributed by atoms with Crippen LogP contribution in [0.15, 0.2) is 30.3 Å². The maximum absolute atomic E-state index is 14.2. The van der Waals surface area contributed by atoms with E-state index in [2.05, 4.69) is 0 Å². The molecule has 0 saturated carbocycles. The zero-order chi connectivity index (χ0) is 27.9. The standard InChI is InChI=1S/C25H30FN3O7S/c1-13(2)22(18(30)11-15(24(33)34)5-9-21(31)32)29(3)12-16-6-8-20(37-16)25(35)36-19-7-4-14(23(27)28)10-17(19)26/h4,6-8,10,13,15,22H,5,9,11-12H2,1-3H3,(H3,27,28)(H,31,32)(H,33,34)/t15-,22+/m1/s1. The molecular formula is C25H30FN3O7S. The lowest BCUT2D eigenvalue weighted by molar-refractivity contribution is -0.145. The second-order valence-corrected chi connectivity index (χ2v) is 10.1. The molecule has 0 aliphatic carbocycles. The number of Topliss-reactive ketones (excluding diaryl/α,β-unsaturated/α-hetero) is 1. The smallest absolute Gasteiger partial charge is 0.353 e. The van der Waals surface area contributed by atoms with Crippen molar-refractivity contribution in [2.75, 3.05) is 7.05 Å². The minimum absolute atomic E-state index is 0.139. The summed E-state index contributed by atoms with van der Waals surface area (Å²) in [5, 5.41) is 25.6. The van der Waals surface area contributed by atoms with Gasteiger partial charge in [-0.2, -0.15) is 0 Å². The van der Waals surface area contributed by atoms with Gasteiger partial charge in [0, 0.05) is 29.8 Å². The van der Waals surface area contributed by atoms with Gasteiger partial charge in [0.15, 0.2) is 17.3 Å². The zero-order valence-electron chi connectivity index (χ0n) is 20.7. The second-order valence-electron chi connectivity index (χ2n) is 8.96. The molecule has 1 heterocycles. The fourth-order valence-corrected chi connectivity index (χ4v) is 4.87. The highest BCUT2D eigenvalue weighted by atomic mass is 32.1. The van der Waals surface area contributed by atoms with Crippen molar-refractivity contribution in [1.29, 1.82) is 5.41 Å². The zero-order valence-corrected chi connectivity index (χ0v) is 21.5. The van der Waals surface area contributed by atoms with E-state index in [1.54, 1.807) is 18.0 Å². The van der Waals surface area contributed by atoms with Crippen LogP contribution in [0.4, 0.5) is 4.39 Å². The number of nitrogens with zero attached hydrogens (tertiary/aromatic N) is 1. The number of carboxylic acid groups (broad SMARTS) is 2. The lowest BCUT2D eigenvalue weighted by atomic mass is 9.89. The molecule has 10 nitrogen and oxygen atoms in total. The third-order valence-electron chi connectivity index (χ3n) is 5.65. The molecule has 2 atom stereocenters. The predicted octanol–water partition coefficient (Wildman–Crippen LogP) is 3.37. The van der Waals surface area contributed by atoms with Gasteiger partial charge >= 0.3 is 17.9 Å². The van der Waals surface area contributed by atoms with Crippen LogP contribution in [-0.2, 0) is 20.9 Å². The molecule has 0 fully saturated rings. The number of nitrogens with one attached hydrogen (secondary N) is 1. The lowest BCUT2D eigenvalue weighted by Crippen LogP contribution is -2.43. The van der Waals surface area contributed by atoms with Gasteiger partial charge < -0.3 is 20.7 Å². The Morgan fingerprint density at radius 3 is 2.38 bits per heavy atom. The third kappa shape index (κ3) is 8.46. The van der Waals surface area contributed by atoms with Gasteiger partial charge in [0.25, 0.3) is 0 Å². The van der Waals surface area contributed by atoms with Crippen LogP contribution in [0.25, 0.3) is 0 Å². The van der Waals surface area contributed by atoms with Gasteiger partial charge in [0.2, 0.25) is 0 Å². The molecule has 12 heteroatoms. The average Bonchev–Trinajstić information content (AvgIpc) is 3.25. The summed E-state index contributed by atoms with van der Waals surface area (Å²) in [5.74, 6) is -6.12. The van der Waals surface area contributed by atoms with E-state index in [9.17, 15) is 28.7 Å². The summed E-state index contributed by atoms with van der Waals surface area (Å²) in [5.41, 5.74) is 5.48. The summed E-state index contributed by atoms with van der Waals surface area (Å²) in [6.07, 6.45) is -0.767. The highest BCUT2D eigenvalue weighted by Gasteiger charge is 2.31. The molecule has 2 rings (SSSR count). The Morgan fingerprint density at radius 1 is 1.16 bits per heavy atom. The lowest BCUT2D eigenvalue weighted by Gasteiger charge is -2.30. The van der Waals surface area contributed by atoms with Gasteiger partial charge in [-0.15, -0.1) is 11.3 Å². The first kappa shape index (κ1) is 29.6. The molecular weight excluding hydrogens is 505 g/mol. The highest BCUT2D eigenvalue weighted by molar-refractivity contribution is 7.13.